The third kappa shape index (κ3) is 2.89. The van der Waals surface area contributed by atoms with Gasteiger partial charge in [0.1, 0.15) is 0 Å². The highest BCUT2D eigenvalue weighted by Crippen LogP contribution is 2.35. The zero-order valence-corrected chi connectivity index (χ0v) is 13.3. The van der Waals surface area contributed by atoms with Crippen molar-refractivity contribution in [2.24, 2.45) is 5.41 Å². The summed E-state index contributed by atoms with van der Waals surface area (Å²) in [6.07, 6.45) is 4.50. The Labute approximate surface area is 121 Å². The van der Waals surface area contributed by atoms with E-state index in [0.29, 0.717) is 25.2 Å². The molecule has 0 aromatic carbocycles. The third-order valence-corrected chi connectivity index (χ3v) is 6.34. The highest BCUT2D eigenvalue weighted by Gasteiger charge is 2.35. The fraction of sp³-hybridized carbons (Fsp3) is 0.769. The first kappa shape index (κ1) is 15.5. The molecule has 1 aromatic heterocycles. The predicted molar refractivity (Wildman–Crippen MR) is 77.7 cm³/mol. The van der Waals surface area contributed by atoms with Gasteiger partial charge in [-0.05, 0) is 25.3 Å². The molecule has 0 saturated carbocycles. The molecule has 1 fully saturated rings. The summed E-state index contributed by atoms with van der Waals surface area (Å²) in [6, 6.07) is 0. The number of nitrogens with zero attached hydrogens (tertiary/aromatic N) is 2. The van der Waals surface area contributed by atoms with Gasteiger partial charge < -0.3 is 5.32 Å². The average molecular weight is 300 g/mol. The normalized spacial score (nSPS) is 20.1. The summed E-state index contributed by atoms with van der Waals surface area (Å²) < 4.78 is 26.9. The maximum absolute atomic E-state index is 12.7. The minimum absolute atomic E-state index is 0.229. The summed E-state index contributed by atoms with van der Waals surface area (Å²) in [5.74, 6) is 0. The van der Waals surface area contributed by atoms with Gasteiger partial charge in [-0.2, -0.15) is 9.40 Å². The van der Waals surface area contributed by atoms with Gasteiger partial charge in [-0.25, -0.2) is 8.42 Å². The Hall–Kier alpha value is -0.920. The van der Waals surface area contributed by atoms with Crippen LogP contribution in [0.3, 0.4) is 0 Å². The van der Waals surface area contributed by atoms with Gasteiger partial charge in [0.25, 0.3) is 10.0 Å². The zero-order valence-electron chi connectivity index (χ0n) is 12.4. The molecule has 7 heteroatoms. The lowest BCUT2D eigenvalue weighted by atomic mass is 9.79. The van der Waals surface area contributed by atoms with Crippen molar-refractivity contribution in [2.75, 3.05) is 20.1 Å². The van der Waals surface area contributed by atoms with Crippen LogP contribution >= 0.6 is 0 Å². The number of aromatic nitrogens is 2. The quantitative estimate of drug-likeness (QED) is 0.860. The molecular weight excluding hydrogens is 276 g/mol. The van der Waals surface area contributed by atoms with Crippen molar-refractivity contribution in [2.45, 2.75) is 44.7 Å². The maximum atomic E-state index is 12.7. The lowest BCUT2D eigenvalue weighted by molar-refractivity contribution is 0.168. The molecule has 20 heavy (non-hydrogen) atoms. The molecule has 2 N–H and O–H groups in total. The van der Waals surface area contributed by atoms with Crippen molar-refractivity contribution >= 4 is 10.0 Å². The average Bonchev–Trinajstić information content (AvgIpc) is 2.89. The molecule has 114 valence electrons. The predicted octanol–water partition coefficient (Wildman–Crippen LogP) is 1.33. The third-order valence-electron chi connectivity index (χ3n) is 4.43. The van der Waals surface area contributed by atoms with Crippen LogP contribution in [0.4, 0.5) is 0 Å². The van der Waals surface area contributed by atoms with Gasteiger partial charge in [-0.3, -0.25) is 5.10 Å². The Bertz CT molecular complexity index is 544. The zero-order chi connectivity index (χ0) is 14.8. The second kappa shape index (κ2) is 5.83. The van der Waals surface area contributed by atoms with Crippen molar-refractivity contribution in [3.63, 3.8) is 0 Å². The molecule has 1 aliphatic rings. The molecule has 0 bridgehead atoms. The lowest BCUT2D eigenvalue weighted by Gasteiger charge is -2.38. The van der Waals surface area contributed by atoms with Crippen LogP contribution in [0.15, 0.2) is 11.2 Å². The van der Waals surface area contributed by atoms with Crippen LogP contribution in [0.2, 0.25) is 0 Å². The van der Waals surface area contributed by atoms with Crippen molar-refractivity contribution in [3.8, 4) is 0 Å². The molecule has 0 spiro atoms. The minimum Gasteiger partial charge on any atom is -0.316 e. The molecule has 1 aliphatic heterocycles. The van der Waals surface area contributed by atoms with Crippen molar-refractivity contribution in [1.82, 2.24) is 19.8 Å². The van der Waals surface area contributed by atoms with Crippen molar-refractivity contribution < 1.29 is 8.42 Å². The number of nitrogens with one attached hydrogen (secondary N) is 2. The smallest absolute Gasteiger partial charge is 0.260 e. The molecule has 0 radical (unpaired) electrons. The summed E-state index contributed by atoms with van der Waals surface area (Å²) in [4.78, 5) is 0. The Morgan fingerprint density at radius 2 is 2.10 bits per heavy atom. The highest BCUT2D eigenvalue weighted by molar-refractivity contribution is 7.89. The Balaban J connectivity index is 2.18. The van der Waals surface area contributed by atoms with E-state index >= 15 is 0 Å². The largest absolute Gasteiger partial charge is 0.316 e. The molecule has 0 atom stereocenters. The highest BCUT2D eigenvalue weighted by atomic mass is 32.2. The van der Waals surface area contributed by atoms with E-state index in [1.54, 1.807) is 17.5 Å². The summed E-state index contributed by atoms with van der Waals surface area (Å²) in [5.41, 5.74) is 0.963. The molecular formula is C13H24N4O2S. The number of rotatable bonds is 5. The number of H-pyrrole nitrogens is 1. The molecule has 0 amide bonds. The second-order valence-electron chi connectivity index (χ2n) is 5.82. The first-order valence-electron chi connectivity index (χ1n) is 7.10. The fourth-order valence-corrected chi connectivity index (χ4v) is 4.13. The number of aromatic amines is 1. The summed E-state index contributed by atoms with van der Waals surface area (Å²) in [6.45, 7) is 6.07. The maximum Gasteiger partial charge on any atom is 0.260 e. The van der Waals surface area contributed by atoms with E-state index < -0.39 is 10.0 Å². The monoisotopic (exact) mass is 300 g/mol. The van der Waals surface area contributed by atoms with Crippen molar-refractivity contribution in [1.29, 1.82) is 0 Å². The van der Waals surface area contributed by atoms with E-state index in [2.05, 4.69) is 29.4 Å². The minimum atomic E-state index is -3.45. The van der Waals surface area contributed by atoms with E-state index in [1.807, 2.05) is 0 Å². The first-order chi connectivity index (χ1) is 9.43. The number of hydrogen-bond acceptors (Lipinski definition) is 4. The topological polar surface area (TPSA) is 78.1 Å². The number of hydrogen-bond donors (Lipinski definition) is 2. The van der Waals surface area contributed by atoms with Gasteiger partial charge in [0.2, 0.25) is 0 Å². The lowest BCUT2D eigenvalue weighted by Crippen LogP contribution is -2.42. The molecule has 2 rings (SSSR count). The molecule has 1 saturated heterocycles. The van der Waals surface area contributed by atoms with Crippen LogP contribution in [0.1, 0.15) is 38.7 Å². The summed E-state index contributed by atoms with van der Waals surface area (Å²) in [5, 5.41) is 9.71. The fourth-order valence-electron chi connectivity index (χ4n) is 2.59. The molecule has 2 heterocycles. The van der Waals surface area contributed by atoms with Crippen LogP contribution in [0, 0.1) is 5.41 Å². The first-order valence-corrected chi connectivity index (χ1v) is 8.54. The van der Waals surface area contributed by atoms with E-state index in [4.69, 9.17) is 0 Å². The second-order valence-corrected chi connectivity index (χ2v) is 7.70. The van der Waals surface area contributed by atoms with E-state index in [-0.39, 0.29) is 10.4 Å². The van der Waals surface area contributed by atoms with Gasteiger partial charge in [0.15, 0.2) is 5.03 Å². The van der Waals surface area contributed by atoms with E-state index in [0.717, 1.165) is 19.3 Å². The summed E-state index contributed by atoms with van der Waals surface area (Å²) >= 11 is 0. The standard InChI is InChI=1S/C13H24N4O2S/c1-4-13(2)5-7-17(8-6-13)20(18,19)12-11(9-14-3)10-15-16-12/h10,14H,4-9H2,1-3H3,(H,15,16). The van der Waals surface area contributed by atoms with Crippen LogP contribution in [0.25, 0.3) is 0 Å². The Kier molecular flexibility index (Phi) is 4.51. The van der Waals surface area contributed by atoms with Gasteiger partial charge >= 0.3 is 0 Å². The number of sulfonamides is 1. The van der Waals surface area contributed by atoms with Crippen LogP contribution in [-0.2, 0) is 16.6 Å². The van der Waals surface area contributed by atoms with Crippen LogP contribution in [0.5, 0.6) is 0 Å². The molecule has 0 unspecified atom stereocenters. The summed E-state index contributed by atoms with van der Waals surface area (Å²) in [7, 11) is -1.67. The molecule has 6 nitrogen and oxygen atoms in total. The van der Waals surface area contributed by atoms with E-state index in [9.17, 15) is 8.42 Å². The van der Waals surface area contributed by atoms with E-state index in [1.165, 1.54) is 0 Å². The molecule has 1 aromatic rings. The van der Waals surface area contributed by atoms with Crippen molar-refractivity contribution in [3.05, 3.63) is 11.8 Å². The Morgan fingerprint density at radius 1 is 1.45 bits per heavy atom. The van der Waals surface area contributed by atoms with Gasteiger partial charge in [-0.1, -0.05) is 20.3 Å². The Morgan fingerprint density at radius 3 is 2.65 bits per heavy atom. The number of piperidine rings is 1. The van der Waals surface area contributed by atoms with Crippen LogP contribution in [-0.4, -0.2) is 43.1 Å². The van der Waals surface area contributed by atoms with Crippen LogP contribution < -0.4 is 5.32 Å². The van der Waals surface area contributed by atoms with Gasteiger partial charge in [0, 0.05) is 25.2 Å². The molecule has 0 aliphatic carbocycles. The van der Waals surface area contributed by atoms with Gasteiger partial charge in [0.05, 0.1) is 6.20 Å². The SMILES string of the molecule is CCC1(C)CCN(S(=O)(=O)c2[nH]ncc2CNC)CC1. The van der Waals surface area contributed by atoms with Gasteiger partial charge in [-0.15, -0.1) is 0 Å².